The molecule has 2 heterocycles. The number of amides is 1. The van der Waals surface area contributed by atoms with Gasteiger partial charge < -0.3 is 26.4 Å². The van der Waals surface area contributed by atoms with E-state index < -0.39 is 0 Å². The van der Waals surface area contributed by atoms with Crippen LogP contribution in [0.3, 0.4) is 0 Å². The molecule has 6 nitrogen and oxygen atoms in total. The summed E-state index contributed by atoms with van der Waals surface area (Å²) in [4.78, 5) is 15.7. The Morgan fingerprint density at radius 3 is 2.72 bits per heavy atom. The number of hydrogen-bond acceptors (Lipinski definition) is 6. The van der Waals surface area contributed by atoms with Crippen LogP contribution in [0.5, 0.6) is 0 Å². The Balaban J connectivity index is 1.22. The topological polar surface area (TPSA) is 85.4 Å². The van der Waals surface area contributed by atoms with Crippen LogP contribution < -0.4 is 21.3 Å². The Hall–Kier alpha value is -2.71. The molecule has 7 heteroatoms. The van der Waals surface area contributed by atoms with Gasteiger partial charge in [0.15, 0.2) is 0 Å². The number of carbonyl (C=O) groups excluding carboxylic acids is 1. The summed E-state index contributed by atoms with van der Waals surface area (Å²) in [5, 5.41) is 23.3. The molecule has 0 spiro atoms. The molecule has 1 aliphatic carbocycles. The van der Waals surface area contributed by atoms with Gasteiger partial charge in [0, 0.05) is 46.7 Å². The van der Waals surface area contributed by atoms with Gasteiger partial charge in [-0.15, -0.1) is 11.3 Å². The number of aryl methyl sites for hydroxylation is 1. The van der Waals surface area contributed by atoms with Gasteiger partial charge in [-0.25, -0.2) is 0 Å². The molecule has 5 N–H and O–H groups in total. The highest BCUT2D eigenvalue weighted by atomic mass is 32.1. The van der Waals surface area contributed by atoms with Crippen molar-refractivity contribution in [2.75, 3.05) is 18.4 Å². The maximum Gasteiger partial charge on any atom is 0.252 e. The van der Waals surface area contributed by atoms with Crippen molar-refractivity contribution in [3.05, 3.63) is 76.2 Å². The van der Waals surface area contributed by atoms with Crippen LogP contribution in [0.15, 0.2) is 54.6 Å². The average molecular weight is 505 g/mol. The lowest BCUT2D eigenvalue weighted by Gasteiger charge is -2.29. The Labute approximate surface area is 217 Å². The van der Waals surface area contributed by atoms with Gasteiger partial charge in [-0.1, -0.05) is 24.3 Å². The van der Waals surface area contributed by atoms with E-state index >= 15 is 0 Å². The van der Waals surface area contributed by atoms with E-state index in [4.69, 9.17) is 0 Å². The third kappa shape index (κ3) is 5.98. The molecular formula is C29H36N4O2S. The largest absolute Gasteiger partial charge is 0.393 e. The first-order valence-corrected chi connectivity index (χ1v) is 13.8. The van der Waals surface area contributed by atoms with Gasteiger partial charge in [-0.2, -0.15) is 0 Å². The number of benzene rings is 2. The van der Waals surface area contributed by atoms with Crippen molar-refractivity contribution >= 4 is 22.9 Å². The fourth-order valence-corrected chi connectivity index (χ4v) is 5.87. The van der Waals surface area contributed by atoms with E-state index in [1.807, 2.05) is 32.0 Å². The number of anilines is 1. The fraction of sp³-hybridized carbons (Fsp3) is 0.414. The average Bonchev–Trinajstić information content (AvgIpc) is 3.50. The summed E-state index contributed by atoms with van der Waals surface area (Å²) in [5.74, 6) is -0.0534. The normalized spacial score (nSPS) is 20.6. The highest BCUT2D eigenvalue weighted by molar-refractivity contribution is 7.15. The Bertz CT molecular complexity index is 1210. The van der Waals surface area contributed by atoms with Crippen LogP contribution in [0.25, 0.3) is 10.4 Å². The minimum absolute atomic E-state index is 0.0534. The lowest BCUT2D eigenvalue weighted by atomic mass is 10.0. The van der Waals surface area contributed by atoms with Crippen LogP contribution in [0.1, 0.15) is 58.6 Å². The molecule has 0 bridgehead atoms. The molecule has 1 saturated heterocycles. The van der Waals surface area contributed by atoms with Crippen molar-refractivity contribution in [2.24, 2.45) is 0 Å². The van der Waals surface area contributed by atoms with Gasteiger partial charge >= 0.3 is 0 Å². The zero-order valence-electron chi connectivity index (χ0n) is 21.0. The number of aliphatic hydroxyl groups is 1. The third-order valence-electron chi connectivity index (χ3n) is 7.28. The van der Waals surface area contributed by atoms with E-state index in [0.717, 1.165) is 61.3 Å². The molecule has 2 aliphatic rings. The standard InChI is InChI=1S/C29H36N4O2S/c1-18-6-7-23(33-24-15-30-16-24)14-27(18)29(35)32-19(2)20-4-3-5-21(12-20)28-11-10-26(36-28)17-31-22-8-9-25(34)13-22/h3-7,10-12,14,19,22,24-25,30-31,33-34H,8-9,13,15-17H2,1-2H3,(H,32,35)/t19?,22-,25-/m0/s1. The first-order valence-electron chi connectivity index (χ1n) is 12.9. The highest BCUT2D eigenvalue weighted by Gasteiger charge is 2.22. The van der Waals surface area contributed by atoms with Gasteiger partial charge in [0.2, 0.25) is 0 Å². The fourth-order valence-electron chi connectivity index (χ4n) is 4.92. The third-order valence-corrected chi connectivity index (χ3v) is 8.42. The van der Waals surface area contributed by atoms with E-state index in [1.165, 1.54) is 9.75 Å². The number of carbonyl (C=O) groups is 1. The second-order valence-electron chi connectivity index (χ2n) is 10.2. The van der Waals surface area contributed by atoms with Crippen molar-refractivity contribution in [1.29, 1.82) is 0 Å². The predicted octanol–water partition coefficient (Wildman–Crippen LogP) is 4.60. The summed E-state index contributed by atoms with van der Waals surface area (Å²) < 4.78 is 0. The molecule has 1 aliphatic heterocycles. The van der Waals surface area contributed by atoms with E-state index in [2.05, 4.69) is 57.7 Å². The van der Waals surface area contributed by atoms with Crippen LogP contribution in [-0.2, 0) is 6.54 Å². The van der Waals surface area contributed by atoms with Crippen molar-refractivity contribution < 1.29 is 9.90 Å². The molecule has 2 fully saturated rings. The molecule has 0 radical (unpaired) electrons. The van der Waals surface area contributed by atoms with Crippen LogP contribution >= 0.6 is 11.3 Å². The molecule has 5 rings (SSSR count). The minimum atomic E-state index is -0.152. The molecule has 3 aromatic rings. The number of hydrogen-bond donors (Lipinski definition) is 5. The number of aliphatic hydroxyl groups excluding tert-OH is 1. The van der Waals surface area contributed by atoms with Crippen molar-refractivity contribution in [3.63, 3.8) is 0 Å². The number of nitrogens with one attached hydrogen (secondary N) is 4. The van der Waals surface area contributed by atoms with Crippen LogP contribution in [0.4, 0.5) is 5.69 Å². The summed E-state index contributed by atoms with van der Waals surface area (Å²) in [6.07, 6.45) is 2.64. The van der Waals surface area contributed by atoms with Crippen LogP contribution in [0.2, 0.25) is 0 Å². The Morgan fingerprint density at radius 1 is 1.11 bits per heavy atom. The SMILES string of the molecule is Cc1ccc(NC2CNC2)cc1C(=O)NC(C)c1cccc(-c2ccc(CN[C@H]3CC[C@H](O)C3)s2)c1. The van der Waals surface area contributed by atoms with Gasteiger partial charge in [-0.05, 0) is 80.1 Å². The summed E-state index contributed by atoms with van der Waals surface area (Å²) in [5.41, 5.74) is 4.91. The van der Waals surface area contributed by atoms with Gasteiger partial charge in [0.05, 0.1) is 18.2 Å². The molecular weight excluding hydrogens is 468 g/mol. The van der Waals surface area contributed by atoms with Gasteiger partial charge in [0.25, 0.3) is 5.91 Å². The van der Waals surface area contributed by atoms with Crippen LogP contribution in [-0.4, -0.2) is 42.3 Å². The lowest BCUT2D eigenvalue weighted by Crippen LogP contribution is -2.51. The lowest BCUT2D eigenvalue weighted by molar-refractivity contribution is 0.0939. The predicted molar refractivity (Wildman–Crippen MR) is 148 cm³/mol. The molecule has 1 amide bonds. The van der Waals surface area contributed by atoms with E-state index in [1.54, 1.807) is 11.3 Å². The number of thiophene rings is 1. The van der Waals surface area contributed by atoms with E-state index in [-0.39, 0.29) is 18.1 Å². The minimum Gasteiger partial charge on any atom is -0.393 e. The summed E-state index contributed by atoms with van der Waals surface area (Å²) >= 11 is 1.79. The number of rotatable bonds is 9. The zero-order chi connectivity index (χ0) is 25.1. The highest BCUT2D eigenvalue weighted by Crippen LogP contribution is 2.30. The molecule has 2 aromatic carbocycles. The quantitative estimate of drug-likeness (QED) is 0.294. The van der Waals surface area contributed by atoms with E-state index in [9.17, 15) is 9.90 Å². The summed E-state index contributed by atoms with van der Waals surface area (Å²) in [6.45, 7) is 6.76. The smallest absolute Gasteiger partial charge is 0.252 e. The molecule has 36 heavy (non-hydrogen) atoms. The Morgan fingerprint density at radius 2 is 1.97 bits per heavy atom. The molecule has 190 valence electrons. The monoisotopic (exact) mass is 504 g/mol. The molecule has 3 atom stereocenters. The van der Waals surface area contributed by atoms with Crippen molar-refractivity contribution in [3.8, 4) is 10.4 Å². The summed E-state index contributed by atoms with van der Waals surface area (Å²) in [7, 11) is 0. The molecule has 1 aromatic heterocycles. The van der Waals surface area contributed by atoms with Crippen LogP contribution in [0, 0.1) is 6.92 Å². The second-order valence-corrected chi connectivity index (χ2v) is 11.3. The Kier molecular flexibility index (Phi) is 7.72. The van der Waals surface area contributed by atoms with E-state index in [0.29, 0.717) is 17.6 Å². The van der Waals surface area contributed by atoms with Crippen molar-refractivity contribution in [2.45, 2.75) is 63.9 Å². The maximum atomic E-state index is 13.2. The molecule has 1 saturated carbocycles. The maximum absolute atomic E-state index is 13.2. The van der Waals surface area contributed by atoms with Gasteiger partial charge in [-0.3, -0.25) is 4.79 Å². The summed E-state index contributed by atoms with van der Waals surface area (Å²) in [6, 6.07) is 19.5. The molecule has 1 unspecified atom stereocenters. The van der Waals surface area contributed by atoms with Crippen molar-refractivity contribution in [1.82, 2.24) is 16.0 Å². The first-order chi connectivity index (χ1) is 17.4. The zero-order valence-corrected chi connectivity index (χ0v) is 21.8. The first kappa shape index (κ1) is 25.0. The second kappa shape index (κ2) is 11.1. The van der Waals surface area contributed by atoms with Gasteiger partial charge in [0.1, 0.15) is 0 Å².